The standard InChI is InChI=1S/C16H21N3O2S2/c1-12-10-15(13(2)22-12)23(20,21)18-16-7-6-14(11-17-16)19-8-4-3-5-9-19/h6-7,10-11H,3-5,8-9H2,1-2H3,(H,17,18). The van der Waals surface area contributed by atoms with Crippen LogP contribution in [-0.2, 0) is 10.0 Å². The molecule has 0 saturated carbocycles. The van der Waals surface area contributed by atoms with Crippen LogP contribution in [0.15, 0.2) is 29.3 Å². The van der Waals surface area contributed by atoms with Crippen molar-refractivity contribution in [2.24, 2.45) is 0 Å². The van der Waals surface area contributed by atoms with Gasteiger partial charge in [-0.05, 0) is 51.3 Å². The van der Waals surface area contributed by atoms with Crippen molar-refractivity contribution in [1.82, 2.24) is 4.98 Å². The molecule has 0 amide bonds. The van der Waals surface area contributed by atoms with Gasteiger partial charge in [0.2, 0.25) is 0 Å². The van der Waals surface area contributed by atoms with E-state index in [0.29, 0.717) is 10.7 Å². The second-order valence-electron chi connectivity index (χ2n) is 5.83. The van der Waals surface area contributed by atoms with Crippen LogP contribution < -0.4 is 9.62 Å². The van der Waals surface area contributed by atoms with Crippen molar-refractivity contribution < 1.29 is 8.42 Å². The van der Waals surface area contributed by atoms with Gasteiger partial charge in [0, 0.05) is 22.8 Å². The lowest BCUT2D eigenvalue weighted by molar-refractivity contribution is 0.577. The number of anilines is 2. The van der Waals surface area contributed by atoms with Gasteiger partial charge in [0.15, 0.2) is 0 Å². The fourth-order valence-electron chi connectivity index (χ4n) is 2.85. The molecule has 0 radical (unpaired) electrons. The summed E-state index contributed by atoms with van der Waals surface area (Å²) in [7, 11) is -3.58. The highest BCUT2D eigenvalue weighted by Gasteiger charge is 2.20. The first-order valence-electron chi connectivity index (χ1n) is 7.76. The van der Waals surface area contributed by atoms with Crippen molar-refractivity contribution in [1.29, 1.82) is 0 Å². The predicted molar refractivity (Wildman–Crippen MR) is 94.9 cm³/mol. The van der Waals surface area contributed by atoms with Gasteiger partial charge in [-0.3, -0.25) is 4.72 Å². The Morgan fingerprint density at radius 1 is 1.17 bits per heavy atom. The van der Waals surface area contributed by atoms with Crippen LogP contribution in [0.3, 0.4) is 0 Å². The fraction of sp³-hybridized carbons (Fsp3) is 0.438. The Morgan fingerprint density at radius 3 is 2.48 bits per heavy atom. The largest absolute Gasteiger partial charge is 0.370 e. The Labute approximate surface area is 141 Å². The van der Waals surface area contributed by atoms with Crippen molar-refractivity contribution >= 4 is 32.9 Å². The third kappa shape index (κ3) is 3.67. The minimum atomic E-state index is -3.58. The summed E-state index contributed by atoms with van der Waals surface area (Å²) in [6.45, 7) is 5.81. The SMILES string of the molecule is Cc1cc(S(=O)(=O)Nc2ccc(N3CCCCC3)cn2)c(C)s1. The lowest BCUT2D eigenvalue weighted by Gasteiger charge is -2.28. The van der Waals surface area contributed by atoms with Gasteiger partial charge in [-0.25, -0.2) is 13.4 Å². The Morgan fingerprint density at radius 2 is 1.91 bits per heavy atom. The smallest absolute Gasteiger partial charge is 0.264 e. The highest BCUT2D eigenvalue weighted by molar-refractivity contribution is 7.93. The number of rotatable bonds is 4. The van der Waals surface area contributed by atoms with Gasteiger partial charge in [0.05, 0.1) is 11.9 Å². The first kappa shape index (κ1) is 16.3. The lowest BCUT2D eigenvalue weighted by atomic mass is 10.1. The summed E-state index contributed by atoms with van der Waals surface area (Å²) in [6, 6.07) is 5.36. The monoisotopic (exact) mass is 351 g/mol. The van der Waals surface area contributed by atoms with E-state index in [-0.39, 0.29) is 0 Å². The number of sulfonamides is 1. The normalized spacial score (nSPS) is 15.7. The van der Waals surface area contributed by atoms with E-state index in [2.05, 4.69) is 14.6 Å². The Hall–Kier alpha value is -1.60. The molecule has 0 aromatic carbocycles. The molecule has 1 aliphatic rings. The van der Waals surface area contributed by atoms with Gasteiger partial charge < -0.3 is 4.90 Å². The van der Waals surface area contributed by atoms with Crippen LogP contribution in [0, 0.1) is 13.8 Å². The maximum Gasteiger partial charge on any atom is 0.264 e. The number of hydrogen-bond donors (Lipinski definition) is 1. The quantitative estimate of drug-likeness (QED) is 0.915. The summed E-state index contributed by atoms with van der Waals surface area (Å²) < 4.78 is 27.5. The molecular weight excluding hydrogens is 330 g/mol. The van der Waals surface area contributed by atoms with Crippen LogP contribution in [0.25, 0.3) is 0 Å². The number of thiophene rings is 1. The molecule has 0 unspecified atom stereocenters. The number of pyridine rings is 1. The molecule has 2 aromatic heterocycles. The van der Waals surface area contributed by atoms with E-state index < -0.39 is 10.0 Å². The second-order valence-corrected chi connectivity index (χ2v) is 8.94. The maximum atomic E-state index is 12.5. The third-order valence-electron chi connectivity index (χ3n) is 3.99. The molecule has 23 heavy (non-hydrogen) atoms. The topological polar surface area (TPSA) is 62.3 Å². The van der Waals surface area contributed by atoms with Crippen molar-refractivity contribution in [3.05, 3.63) is 34.2 Å². The van der Waals surface area contributed by atoms with Gasteiger partial charge in [-0.1, -0.05) is 0 Å². The molecule has 124 valence electrons. The number of nitrogens with one attached hydrogen (secondary N) is 1. The number of piperidine rings is 1. The highest BCUT2D eigenvalue weighted by atomic mass is 32.2. The lowest BCUT2D eigenvalue weighted by Crippen LogP contribution is -2.29. The van der Waals surface area contributed by atoms with Crippen molar-refractivity contribution in [2.75, 3.05) is 22.7 Å². The summed E-state index contributed by atoms with van der Waals surface area (Å²) in [4.78, 5) is 8.67. The molecule has 0 atom stereocenters. The highest BCUT2D eigenvalue weighted by Crippen LogP contribution is 2.27. The summed E-state index contributed by atoms with van der Waals surface area (Å²) in [5, 5.41) is 0. The molecular formula is C16H21N3O2S2. The van der Waals surface area contributed by atoms with Crippen molar-refractivity contribution in [3.63, 3.8) is 0 Å². The maximum absolute atomic E-state index is 12.5. The van der Waals surface area contributed by atoms with Gasteiger partial charge in [0.25, 0.3) is 10.0 Å². The van der Waals surface area contributed by atoms with E-state index in [1.165, 1.54) is 30.6 Å². The van der Waals surface area contributed by atoms with E-state index in [4.69, 9.17) is 0 Å². The van der Waals surface area contributed by atoms with Gasteiger partial charge in [-0.2, -0.15) is 0 Å². The van der Waals surface area contributed by atoms with Crippen LogP contribution in [0.5, 0.6) is 0 Å². The number of aromatic nitrogens is 1. The molecule has 3 heterocycles. The summed E-state index contributed by atoms with van der Waals surface area (Å²) in [5.74, 6) is 0.356. The average molecular weight is 351 g/mol. The molecule has 1 N–H and O–H groups in total. The minimum absolute atomic E-state index is 0.335. The molecule has 1 aliphatic heterocycles. The predicted octanol–water partition coefficient (Wildman–Crippen LogP) is 3.55. The second kappa shape index (κ2) is 6.49. The molecule has 1 fully saturated rings. The van der Waals surface area contributed by atoms with E-state index in [0.717, 1.165) is 28.5 Å². The Balaban J connectivity index is 1.76. The zero-order chi connectivity index (χ0) is 16.4. The van der Waals surface area contributed by atoms with E-state index >= 15 is 0 Å². The number of nitrogens with zero attached hydrogens (tertiary/aromatic N) is 2. The summed E-state index contributed by atoms with van der Waals surface area (Å²) >= 11 is 1.48. The zero-order valence-corrected chi connectivity index (χ0v) is 15.0. The van der Waals surface area contributed by atoms with E-state index in [1.54, 1.807) is 18.3 Å². The summed E-state index contributed by atoms with van der Waals surface area (Å²) in [5.41, 5.74) is 1.05. The fourth-order valence-corrected chi connectivity index (χ4v) is 5.42. The van der Waals surface area contributed by atoms with Crippen LogP contribution in [0.4, 0.5) is 11.5 Å². The van der Waals surface area contributed by atoms with Gasteiger partial charge in [0.1, 0.15) is 10.7 Å². The molecule has 7 heteroatoms. The molecule has 0 bridgehead atoms. The minimum Gasteiger partial charge on any atom is -0.370 e. The molecule has 5 nitrogen and oxygen atoms in total. The van der Waals surface area contributed by atoms with Crippen molar-refractivity contribution in [2.45, 2.75) is 38.0 Å². The first-order chi connectivity index (χ1) is 11.0. The molecule has 0 aliphatic carbocycles. The van der Waals surface area contributed by atoms with Crippen LogP contribution in [0.2, 0.25) is 0 Å². The number of aryl methyl sites for hydroxylation is 2. The molecule has 2 aromatic rings. The Bertz CT molecular complexity index is 776. The zero-order valence-electron chi connectivity index (χ0n) is 13.4. The molecule has 3 rings (SSSR count). The van der Waals surface area contributed by atoms with Crippen molar-refractivity contribution in [3.8, 4) is 0 Å². The third-order valence-corrected chi connectivity index (χ3v) is 6.57. The van der Waals surface area contributed by atoms with E-state index in [1.807, 2.05) is 19.9 Å². The molecule has 0 spiro atoms. The average Bonchev–Trinajstić information content (AvgIpc) is 2.88. The molecule has 1 saturated heterocycles. The first-order valence-corrected chi connectivity index (χ1v) is 10.1. The van der Waals surface area contributed by atoms with E-state index in [9.17, 15) is 8.42 Å². The van der Waals surface area contributed by atoms with Crippen LogP contribution in [-0.4, -0.2) is 26.5 Å². The van der Waals surface area contributed by atoms with Crippen LogP contribution >= 0.6 is 11.3 Å². The summed E-state index contributed by atoms with van der Waals surface area (Å²) in [6.07, 6.45) is 5.42. The van der Waals surface area contributed by atoms with Gasteiger partial charge >= 0.3 is 0 Å². The Kier molecular flexibility index (Phi) is 4.59. The van der Waals surface area contributed by atoms with Gasteiger partial charge in [-0.15, -0.1) is 11.3 Å². The number of hydrogen-bond acceptors (Lipinski definition) is 5. The van der Waals surface area contributed by atoms with Crippen LogP contribution in [0.1, 0.15) is 29.0 Å².